The highest BCUT2D eigenvalue weighted by Crippen LogP contribution is 2.29. The molecule has 2 nitrogen and oxygen atoms in total. The molecule has 0 aromatic heterocycles. The third-order valence-electron chi connectivity index (χ3n) is 2.26. The standard InChI is InChI=1S/C10H11ClN2/c1-13-9(7-10(11)12-13)8-5-3-2-4-6-8/h2-6,9H,7H2,1H3. The normalized spacial score (nSPS) is 21.8. The Labute approximate surface area is 82.8 Å². The van der Waals surface area contributed by atoms with E-state index in [2.05, 4.69) is 17.2 Å². The number of benzene rings is 1. The third kappa shape index (κ3) is 1.68. The summed E-state index contributed by atoms with van der Waals surface area (Å²) in [5.74, 6) is 0. The fraction of sp³-hybridized carbons (Fsp3) is 0.300. The number of nitrogens with zero attached hydrogens (tertiary/aromatic N) is 2. The van der Waals surface area contributed by atoms with Gasteiger partial charge in [0.15, 0.2) is 0 Å². The molecule has 0 spiro atoms. The summed E-state index contributed by atoms with van der Waals surface area (Å²) in [6, 6.07) is 10.6. The Hall–Kier alpha value is -1.02. The minimum absolute atomic E-state index is 0.314. The molecule has 0 radical (unpaired) electrons. The average Bonchev–Trinajstić information content (AvgIpc) is 2.47. The van der Waals surface area contributed by atoms with Gasteiger partial charge in [0.1, 0.15) is 5.17 Å². The van der Waals surface area contributed by atoms with Gasteiger partial charge < -0.3 is 0 Å². The Kier molecular flexibility index (Phi) is 2.23. The van der Waals surface area contributed by atoms with Gasteiger partial charge in [0.25, 0.3) is 0 Å². The van der Waals surface area contributed by atoms with Crippen LogP contribution in [0.2, 0.25) is 0 Å². The highest BCUT2D eigenvalue weighted by atomic mass is 35.5. The molecular formula is C10H11ClN2. The van der Waals surface area contributed by atoms with E-state index in [1.807, 2.05) is 30.3 Å². The number of halogens is 1. The predicted octanol–water partition coefficient (Wildman–Crippen LogP) is 2.62. The summed E-state index contributed by atoms with van der Waals surface area (Å²) >= 11 is 5.86. The lowest BCUT2D eigenvalue weighted by atomic mass is 10.1. The lowest BCUT2D eigenvalue weighted by Crippen LogP contribution is -2.13. The van der Waals surface area contributed by atoms with Crippen LogP contribution >= 0.6 is 11.6 Å². The fourth-order valence-corrected chi connectivity index (χ4v) is 1.85. The first kappa shape index (κ1) is 8.57. The van der Waals surface area contributed by atoms with Gasteiger partial charge in [0, 0.05) is 13.5 Å². The van der Waals surface area contributed by atoms with Crippen molar-refractivity contribution in [1.29, 1.82) is 0 Å². The predicted molar refractivity (Wildman–Crippen MR) is 54.9 cm³/mol. The SMILES string of the molecule is CN1N=C(Cl)CC1c1ccccc1. The maximum Gasteiger partial charge on any atom is 0.128 e. The molecular weight excluding hydrogens is 184 g/mol. The van der Waals surface area contributed by atoms with Gasteiger partial charge in [-0.2, -0.15) is 5.10 Å². The van der Waals surface area contributed by atoms with Crippen molar-refractivity contribution in [3.63, 3.8) is 0 Å². The summed E-state index contributed by atoms with van der Waals surface area (Å²) < 4.78 is 0. The third-order valence-corrected chi connectivity index (χ3v) is 2.49. The molecule has 1 heterocycles. The molecule has 13 heavy (non-hydrogen) atoms. The number of rotatable bonds is 1. The van der Waals surface area contributed by atoms with Gasteiger partial charge in [-0.05, 0) is 5.56 Å². The van der Waals surface area contributed by atoms with E-state index in [0.717, 1.165) is 6.42 Å². The molecule has 2 rings (SSSR count). The molecule has 0 saturated carbocycles. The molecule has 68 valence electrons. The van der Waals surface area contributed by atoms with Crippen LogP contribution in [0.5, 0.6) is 0 Å². The van der Waals surface area contributed by atoms with Crippen molar-refractivity contribution in [3.8, 4) is 0 Å². The number of hydrogen-bond acceptors (Lipinski definition) is 2. The lowest BCUT2D eigenvalue weighted by molar-refractivity contribution is 0.290. The molecule has 0 aliphatic carbocycles. The van der Waals surface area contributed by atoms with Crippen LogP contribution in [0.1, 0.15) is 18.0 Å². The molecule has 1 aromatic carbocycles. The zero-order valence-electron chi connectivity index (χ0n) is 7.44. The Morgan fingerprint density at radius 2 is 2.08 bits per heavy atom. The smallest absolute Gasteiger partial charge is 0.128 e. The summed E-state index contributed by atoms with van der Waals surface area (Å²) in [7, 11) is 1.95. The van der Waals surface area contributed by atoms with Gasteiger partial charge in [-0.25, -0.2) is 0 Å². The Balaban J connectivity index is 2.21. The molecule has 0 saturated heterocycles. The van der Waals surface area contributed by atoms with Gasteiger partial charge in [-0.3, -0.25) is 5.01 Å². The van der Waals surface area contributed by atoms with Gasteiger partial charge in [0.2, 0.25) is 0 Å². The van der Waals surface area contributed by atoms with Crippen LogP contribution in [-0.2, 0) is 0 Å². The first-order chi connectivity index (χ1) is 6.27. The van der Waals surface area contributed by atoms with E-state index in [4.69, 9.17) is 11.6 Å². The summed E-state index contributed by atoms with van der Waals surface area (Å²) in [5.41, 5.74) is 1.27. The van der Waals surface area contributed by atoms with Crippen molar-refractivity contribution in [3.05, 3.63) is 35.9 Å². The maximum atomic E-state index is 5.86. The van der Waals surface area contributed by atoms with E-state index >= 15 is 0 Å². The van der Waals surface area contributed by atoms with E-state index < -0.39 is 0 Å². The first-order valence-electron chi connectivity index (χ1n) is 4.28. The minimum Gasteiger partial charge on any atom is -0.291 e. The molecule has 0 amide bonds. The Bertz CT molecular complexity index is 321. The van der Waals surface area contributed by atoms with Crippen molar-refractivity contribution in [2.75, 3.05) is 7.05 Å². The molecule has 1 unspecified atom stereocenters. The second kappa shape index (κ2) is 3.38. The minimum atomic E-state index is 0.314. The molecule has 0 fully saturated rings. The number of hydrogen-bond donors (Lipinski definition) is 0. The summed E-state index contributed by atoms with van der Waals surface area (Å²) in [5, 5.41) is 6.77. The second-order valence-corrected chi connectivity index (χ2v) is 3.62. The van der Waals surface area contributed by atoms with Crippen molar-refractivity contribution in [1.82, 2.24) is 5.01 Å². The molecule has 0 N–H and O–H groups in total. The van der Waals surface area contributed by atoms with Crippen LogP contribution in [0.25, 0.3) is 0 Å². The largest absolute Gasteiger partial charge is 0.291 e. The first-order valence-corrected chi connectivity index (χ1v) is 4.66. The van der Waals surface area contributed by atoms with E-state index in [9.17, 15) is 0 Å². The molecule has 0 bridgehead atoms. The Morgan fingerprint density at radius 1 is 1.38 bits per heavy atom. The maximum absolute atomic E-state index is 5.86. The highest BCUT2D eigenvalue weighted by Gasteiger charge is 2.23. The molecule has 1 aliphatic rings. The van der Waals surface area contributed by atoms with Crippen LogP contribution in [0, 0.1) is 0 Å². The lowest BCUT2D eigenvalue weighted by Gasteiger charge is -2.18. The van der Waals surface area contributed by atoms with Crippen LogP contribution in [-0.4, -0.2) is 17.2 Å². The Morgan fingerprint density at radius 3 is 2.62 bits per heavy atom. The van der Waals surface area contributed by atoms with Crippen LogP contribution in [0.3, 0.4) is 0 Å². The highest BCUT2D eigenvalue weighted by molar-refractivity contribution is 6.65. The van der Waals surface area contributed by atoms with E-state index in [0.29, 0.717) is 11.2 Å². The topological polar surface area (TPSA) is 15.6 Å². The molecule has 1 aliphatic heterocycles. The zero-order chi connectivity index (χ0) is 9.26. The van der Waals surface area contributed by atoms with E-state index in [1.165, 1.54) is 5.56 Å². The quantitative estimate of drug-likeness (QED) is 0.671. The van der Waals surface area contributed by atoms with Gasteiger partial charge in [0.05, 0.1) is 6.04 Å². The fourth-order valence-electron chi connectivity index (χ4n) is 1.58. The van der Waals surface area contributed by atoms with Crippen molar-refractivity contribution < 1.29 is 0 Å². The molecule has 1 aromatic rings. The van der Waals surface area contributed by atoms with Crippen LogP contribution in [0.4, 0.5) is 0 Å². The van der Waals surface area contributed by atoms with E-state index in [-0.39, 0.29) is 0 Å². The van der Waals surface area contributed by atoms with Crippen LogP contribution < -0.4 is 0 Å². The number of hydrazone groups is 1. The van der Waals surface area contributed by atoms with Gasteiger partial charge >= 0.3 is 0 Å². The van der Waals surface area contributed by atoms with E-state index in [1.54, 1.807) is 0 Å². The second-order valence-electron chi connectivity index (χ2n) is 3.18. The summed E-state index contributed by atoms with van der Waals surface area (Å²) in [4.78, 5) is 0. The van der Waals surface area contributed by atoms with Gasteiger partial charge in [-0.15, -0.1) is 0 Å². The average molecular weight is 195 g/mol. The monoisotopic (exact) mass is 194 g/mol. The van der Waals surface area contributed by atoms with Crippen molar-refractivity contribution in [2.45, 2.75) is 12.5 Å². The van der Waals surface area contributed by atoms with Gasteiger partial charge in [-0.1, -0.05) is 41.9 Å². The summed E-state index contributed by atoms with van der Waals surface area (Å²) in [6.45, 7) is 0. The van der Waals surface area contributed by atoms with Crippen molar-refractivity contribution in [2.24, 2.45) is 5.10 Å². The molecule has 3 heteroatoms. The van der Waals surface area contributed by atoms with Crippen molar-refractivity contribution >= 4 is 16.8 Å². The molecule has 1 atom stereocenters. The summed E-state index contributed by atoms with van der Waals surface area (Å²) in [6.07, 6.45) is 0.821. The zero-order valence-corrected chi connectivity index (χ0v) is 8.20. The van der Waals surface area contributed by atoms with Crippen LogP contribution in [0.15, 0.2) is 35.4 Å².